The van der Waals surface area contributed by atoms with E-state index in [1.807, 2.05) is 0 Å². The Hall–Kier alpha value is -0.770. The van der Waals surface area contributed by atoms with E-state index in [4.69, 9.17) is 5.11 Å². The maximum absolute atomic E-state index is 11.0. The van der Waals surface area contributed by atoms with Crippen LogP contribution in [-0.2, 0) is 0 Å². The Morgan fingerprint density at radius 2 is 2.20 bits per heavy atom. The number of piperidine rings is 1. The van der Waals surface area contributed by atoms with Gasteiger partial charge in [-0.25, -0.2) is 4.79 Å². The van der Waals surface area contributed by atoms with Crippen LogP contribution in [0.1, 0.15) is 27.2 Å². The first-order valence-electron chi connectivity index (χ1n) is 5.60. The number of amides is 1. The van der Waals surface area contributed by atoms with Crippen molar-refractivity contribution < 1.29 is 9.90 Å². The van der Waals surface area contributed by atoms with Gasteiger partial charge in [0.25, 0.3) is 0 Å². The number of fused-ring (bicyclic) bond motifs is 1. The Bertz CT molecular complexity index is 285. The largest absolute Gasteiger partial charge is 0.465 e. The number of hydrogen-bond acceptors (Lipinski definition) is 2. The molecule has 0 aliphatic carbocycles. The minimum Gasteiger partial charge on any atom is -0.465 e. The molecule has 0 unspecified atom stereocenters. The quantitative estimate of drug-likeness (QED) is 0.637. The van der Waals surface area contributed by atoms with Crippen molar-refractivity contribution in [3.8, 4) is 0 Å². The number of hydrogen-bond donors (Lipinski definition) is 2. The molecule has 0 radical (unpaired) electrons. The Kier molecular flexibility index (Phi) is 2.23. The van der Waals surface area contributed by atoms with Crippen LogP contribution in [0.5, 0.6) is 0 Å². The van der Waals surface area contributed by atoms with Crippen molar-refractivity contribution >= 4 is 6.09 Å². The lowest BCUT2D eigenvalue weighted by Crippen LogP contribution is -2.77. The van der Waals surface area contributed by atoms with Crippen LogP contribution in [0.25, 0.3) is 0 Å². The molecule has 2 fully saturated rings. The number of carboxylic acid groups (broad SMARTS) is 1. The molecule has 4 heteroatoms. The summed E-state index contributed by atoms with van der Waals surface area (Å²) in [5, 5.41) is 12.5. The van der Waals surface area contributed by atoms with Gasteiger partial charge in [0.05, 0.1) is 0 Å². The second-order valence-corrected chi connectivity index (χ2v) is 5.79. The smallest absolute Gasteiger partial charge is 0.407 e. The van der Waals surface area contributed by atoms with Crippen LogP contribution in [0.15, 0.2) is 0 Å². The van der Waals surface area contributed by atoms with Crippen molar-refractivity contribution in [2.75, 3.05) is 19.6 Å². The van der Waals surface area contributed by atoms with Crippen molar-refractivity contribution in [2.45, 2.75) is 32.7 Å². The number of rotatable bonds is 0. The zero-order valence-electron chi connectivity index (χ0n) is 9.71. The van der Waals surface area contributed by atoms with Gasteiger partial charge in [-0.2, -0.15) is 0 Å². The highest BCUT2D eigenvalue weighted by Crippen LogP contribution is 2.46. The summed E-state index contributed by atoms with van der Waals surface area (Å²) < 4.78 is 0. The maximum atomic E-state index is 11.0. The zero-order chi connectivity index (χ0) is 11.3. The van der Waals surface area contributed by atoms with E-state index in [2.05, 4.69) is 26.1 Å². The SMILES string of the molecule is CC(C)(C)[C@@]12CN(C(=O)O)CC[C@H]1CN2. The lowest BCUT2D eigenvalue weighted by atomic mass is 9.58. The van der Waals surface area contributed by atoms with E-state index in [1.165, 1.54) is 0 Å². The summed E-state index contributed by atoms with van der Waals surface area (Å²) in [6, 6.07) is 0. The molecule has 2 N–H and O–H groups in total. The van der Waals surface area contributed by atoms with Gasteiger partial charge in [-0.1, -0.05) is 20.8 Å². The van der Waals surface area contributed by atoms with E-state index >= 15 is 0 Å². The summed E-state index contributed by atoms with van der Waals surface area (Å²) in [6.07, 6.45) is 0.210. The average molecular weight is 212 g/mol. The van der Waals surface area contributed by atoms with Crippen LogP contribution < -0.4 is 5.32 Å². The third-order valence-electron chi connectivity index (χ3n) is 4.16. The second kappa shape index (κ2) is 3.11. The lowest BCUT2D eigenvalue weighted by Gasteiger charge is -2.62. The van der Waals surface area contributed by atoms with Crippen LogP contribution in [0, 0.1) is 11.3 Å². The summed E-state index contributed by atoms with van der Waals surface area (Å²) >= 11 is 0. The van der Waals surface area contributed by atoms with E-state index in [-0.39, 0.29) is 11.0 Å². The summed E-state index contributed by atoms with van der Waals surface area (Å²) in [6.45, 7) is 8.95. The van der Waals surface area contributed by atoms with Gasteiger partial charge in [-0.15, -0.1) is 0 Å². The highest BCUT2D eigenvalue weighted by atomic mass is 16.4. The molecule has 15 heavy (non-hydrogen) atoms. The minimum atomic E-state index is -0.786. The molecule has 2 aliphatic rings. The summed E-state index contributed by atoms with van der Waals surface area (Å²) in [4.78, 5) is 12.5. The first kappa shape index (κ1) is 10.7. The van der Waals surface area contributed by atoms with E-state index in [1.54, 1.807) is 4.90 Å². The molecule has 0 spiro atoms. The van der Waals surface area contributed by atoms with E-state index in [0.717, 1.165) is 13.0 Å². The third kappa shape index (κ3) is 1.42. The van der Waals surface area contributed by atoms with Gasteiger partial charge in [-0.3, -0.25) is 0 Å². The van der Waals surface area contributed by atoms with Gasteiger partial charge >= 0.3 is 6.09 Å². The van der Waals surface area contributed by atoms with Crippen LogP contribution >= 0.6 is 0 Å². The molecule has 2 aliphatic heterocycles. The zero-order valence-corrected chi connectivity index (χ0v) is 9.71. The van der Waals surface area contributed by atoms with Gasteiger partial charge < -0.3 is 15.3 Å². The lowest BCUT2D eigenvalue weighted by molar-refractivity contribution is -0.0636. The summed E-state index contributed by atoms with van der Waals surface area (Å²) in [5.74, 6) is 0.646. The van der Waals surface area contributed by atoms with Crippen molar-refractivity contribution in [1.82, 2.24) is 10.2 Å². The van der Waals surface area contributed by atoms with E-state index in [0.29, 0.717) is 19.0 Å². The fraction of sp³-hybridized carbons (Fsp3) is 0.909. The highest BCUT2D eigenvalue weighted by Gasteiger charge is 2.56. The number of carbonyl (C=O) groups is 1. The van der Waals surface area contributed by atoms with Gasteiger partial charge in [0.1, 0.15) is 0 Å². The van der Waals surface area contributed by atoms with Crippen LogP contribution in [-0.4, -0.2) is 41.3 Å². The highest BCUT2D eigenvalue weighted by molar-refractivity contribution is 5.65. The first-order valence-corrected chi connectivity index (χ1v) is 5.60. The number of likely N-dealkylation sites (tertiary alicyclic amines) is 1. The number of nitrogens with zero attached hydrogens (tertiary/aromatic N) is 1. The molecule has 2 rings (SSSR count). The molecule has 4 nitrogen and oxygen atoms in total. The molecular weight excluding hydrogens is 192 g/mol. The Morgan fingerprint density at radius 3 is 2.60 bits per heavy atom. The van der Waals surface area contributed by atoms with Gasteiger partial charge in [0.15, 0.2) is 0 Å². The Balaban J connectivity index is 2.19. The predicted molar refractivity (Wildman–Crippen MR) is 57.9 cm³/mol. The molecule has 2 heterocycles. The average Bonchev–Trinajstić information content (AvgIpc) is 2.04. The monoisotopic (exact) mass is 212 g/mol. The minimum absolute atomic E-state index is 0.00361. The van der Waals surface area contributed by atoms with Crippen LogP contribution in [0.4, 0.5) is 4.79 Å². The van der Waals surface area contributed by atoms with Crippen molar-refractivity contribution in [3.05, 3.63) is 0 Å². The summed E-state index contributed by atoms with van der Waals surface area (Å²) in [7, 11) is 0. The second-order valence-electron chi connectivity index (χ2n) is 5.79. The molecule has 0 aromatic heterocycles. The van der Waals surface area contributed by atoms with Gasteiger partial charge in [0, 0.05) is 25.2 Å². The maximum Gasteiger partial charge on any atom is 0.407 e. The predicted octanol–water partition coefficient (Wildman–Crippen LogP) is 1.37. The fourth-order valence-corrected chi connectivity index (χ4v) is 3.00. The molecule has 86 valence electrons. The molecule has 1 amide bonds. The third-order valence-corrected chi connectivity index (χ3v) is 4.16. The standard InChI is InChI=1S/C11H20N2O2/c1-10(2,3)11-7-13(9(14)15)5-4-8(11)6-12-11/h8,12H,4-7H2,1-3H3,(H,14,15)/t8-,11+/m0/s1. The van der Waals surface area contributed by atoms with E-state index in [9.17, 15) is 4.79 Å². The number of nitrogens with one attached hydrogen (secondary N) is 1. The molecular formula is C11H20N2O2. The normalized spacial score (nSPS) is 35.7. The molecule has 0 saturated carbocycles. The first-order chi connectivity index (χ1) is 6.87. The molecule has 2 saturated heterocycles. The van der Waals surface area contributed by atoms with Crippen molar-refractivity contribution in [2.24, 2.45) is 11.3 Å². The Morgan fingerprint density at radius 1 is 1.53 bits per heavy atom. The fourth-order valence-electron chi connectivity index (χ4n) is 3.00. The van der Waals surface area contributed by atoms with Gasteiger partial charge in [-0.05, 0) is 17.8 Å². The molecule has 2 atom stereocenters. The molecule has 0 bridgehead atoms. The Labute approximate surface area is 90.6 Å². The summed E-state index contributed by atoms with van der Waals surface area (Å²) in [5.41, 5.74) is 0.119. The van der Waals surface area contributed by atoms with Crippen molar-refractivity contribution in [1.29, 1.82) is 0 Å². The van der Waals surface area contributed by atoms with Crippen LogP contribution in [0.3, 0.4) is 0 Å². The van der Waals surface area contributed by atoms with E-state index < -0.39 is 6.09 Å². The van der Waals surface area contributed by atoms with Crippen LogP contribution in [0.2, 0.25) is 0 Å². The van der Waals surface area contributed by atoms with Gasteiger partial charge in [0.2, 0.25) is 0 Å². The van der Waals surface area contributed by atoms with Crippen molar-refractivity contribution in [3.63, 3.8) is 0 Å². The molecule has 0 aromatic rings. The molecule has 0 aromatic carbocycles. The topological polar surface area (TPSA) is 52.6 Å².